The van der Waals surface area contributed by atoms with Crippen LogP contribution in [0, 0.1) is 6.92 Å². The number of hydrogen-bond donors (Lipinski definition) is 1. The van der Waals surface area contributed by atoms with Crippen LogP contribution in [0.15, 0.2) is 30.5 Å². The normalized spacial score (nSPS) is 11.0. The van der Waals surface area contributed by atoms with Gasteiger partial charge in [-0.25, -0.2) is 0 Å². The molecule has 1 aromatic heterocycles. The van der Waals surface area contributed by atoms with Crippen molar-refractivity contribution in [3.63, 3.8) is 0 Å². The van der Waals surface area contributed by atoms with Crippen LogP contribution in [0.5, 0.6) is 0 Å². The second kappa shape index (κ2) is 7.96. The molecule has 21 heavy (non-hydrogen) atoms. The smallest absolute Gasteiger partial charge is 0.0665 e. The van der Waals surface area contributed by atoms with Crippen LogP contribution in [-0.2, 0) is 24.2 Å². The highest BCUT2D eigenvalue weighted by molar-refractivity contribution is 5.27. The molecular weight excluding hydrogens is 262 g/mol. The highest BCUT2D eigenvalue weighted by Crippen LogP contribution is 2.14. The maximum absolute atomic E-state index is 5.05. The van der Waals surface area contributed by atoms with Crippen molar-refractivity contribution in [2.24, 2.45) is 0 Å². The number of ether oxygens (including phenoxy) is 1. The third kappa shape index (κ3) is 4.16. The molecule has 114 valence electrons. The second-order valence-corrected chi connectivity index (χ2v) is 5.22. The molecule has 2 rings (SSSR count). The van der Waals surface area contributed by atoms with Gasteiger partial charge in [0.2, 0.25) is 0 Å². The topological polar surface area (TPSA) is 39.1 Å². The summed E-state index contributed by atoms with van der Waals surface area (Å²) in [5.41, 5.74) is 5.23. The van der Waals surface area contributed by atoms with Crippen LogP contribution in [0.1, 0.15) is 29.3 Å². The third-order valence-corrected chi connectivity index (χ3v) is 3.75. The number of aromatic nitrogens is 2. The van der Waals surface area contributed by atoms with Crippen molar-refractivity contribution in [2.75, 3.05) is 20.3 Å². The van der Waals surface area contributed by atoms with Gasteiger partial charge in [-0.05, 0) is 24.5 Å². The van der Waals surface area contributed by atoms with Crippen LogP contribution in [0.3, 0.4) is 0 Å². The molecule has 0 aliphatic rings. The van der Waals surface area contributed by atoms with Crippen molar-refractivity contribution in [2.45, 2.75) is 33.4 Å². The first-order valence-electron chi connectivity index (χ1n) is 7.54. The Morgan fingerprint density at radius 2 is 2.05 bits per heavy atom. The Hall–Kier alpha value is -1.65. The second-order valence-electron chi connectivity index (χ2n) is 5.22. The number of rotatable bonds is 8. The highest BCUT2D eigenvalue weighted by Gasteiger charge is 2.10. The zero-order valence-electron chi connectivity index (χ0n) is 13.2. The van der Waals surface area contributed by atoms with Gasteiger partial charge in [-0.2, -0.15) is 5.10 Å². The molecule has 0 spiro atoms. The van der Waals surface area contributed by atoms with Crippen molar-refractivity contribution in [1.29, 1.82) is 0 Å². The van der Waals surface area contributed by atoms with Gasteiger partial charge in [0, 0.05) is 31.5 Å². The Labute approximate surface area is 127 Å². The Kier molecular flexibility index (Phi) is 5.96. The molecule has 1 heterocycles. The molecule has 0 saturated heterocycles. The minimum Gasteiger partial charge on any atom is -0.383 e. The lowest BCUT2D eigenvalue weighted by Gasteiger charge is -2.10. The Bertz CT molecular complexity index is 563. The average Bonchev–Trinajstić information content (AvgIpc) is 2.88. The van der Waals surface area contributed by atoms with E-state index >= 15 is 0 Å². The molecule has 0 aliphatic heterocycles. The van der Waals surface area contributed by atoms with E-state index in [1.807, 2.05) is 6.20 Å². The van der Waals surface area contributed by atoms with Crippen LogP contribution < -0.4 is 5.32 Å². The third-order valence-electron chi connectivity index (χ3n) is 3.75. The first-order valence-corrected chi connectivity index (χ1v) is 7.54. The average molecular weight is 287 g/mol. The Morgan fingerprint density at radius 3 is 2.76 bits per heavy atom. The van der Waals surface area contributed by atoms with Crippen LogP contribution in [0.25, 0.3) is 0 Å². The lowest BCUT2D eigenvalue weighted by atomic mass is 10.1. The van der Waals surface area contributed by atoms with Crippen molar-refractivity contribution >= 4 is 0 Å². The number of nitrogens with zero attached hydrogens (tertiary/aromatic N) is 2. The van der Waals surface area contributed by atoms with Crippen LogP contribution in [0.2, 0.25) is 0 Å². The van der Waals surface area contributed by atoms with E-state index in [9.17, 15) is 0 Å². The predicted octanol–water partition coefficient (Wildman–Crippen LogP) is 2.54. The van der Waals surface area contributed by atoms with Gasteiger partial charge >= 0.3 is 0 Å². The van der Waals surface area contributed by atoms with Crippen molar-refractivity contribution < 1.29 is 4.74 Å². The van der Waals surface area contributed by atoms with Gasteiger partial charge in [0.25, 0.3) is 0 Å². The van der Waals surface area contributed by atoms with Crippen LogP contribution in [0.4, 0.5) is 0 Å². The zero-order chi connectivity index (χ0) is 15.1. The van der Waals surface area contributed by atoms with Gasteiger partial charge in [-0.1, -0.05) is 31.2 Å². The molecule has 0 radical (unpaired) electrons. The summed E-state index contributed by atoms with van der Waals surface area (Å²) < 4.78 is 7.17. The van der Waals surface area contributed by atoms with Gasteiger partial charge in [0.15, 0.2) is 0 Å². The van der Waals surface area contributed by atoms with Gasteiger partial charge < -0.3 is 10.1 Å². The zero-order valence-corrected chi connectivity index (χ0v) is 13.2. The summed E-state index contributed by atoms with van der Waals surface area (Å²) in [4.78, 5) is 0. The Balaban J connectivity index is 2.07. The number of nitrogens with one attached hydrogen (secondary N) is 1. The molecule has 0 unspecified atom stereocenters. The molecule has 0 aliphatic carbocycles. The molecule has 4 heteroatoms. The van der Waals surface area contributed by atoms with Crippen LogP contribution >= 0.6 is 0 Å². The summed E-state index contributed by atoms with van der Waals surface area (Å²) in [7, 11) is 1.72. The van der Waals surface area contributed by atoms with Gasteiger partial charge in [-0.15, -0.1) is 0 Å². The maximum Gasteiger partial charge on any atom is 0.0665 e. The van der Waals surface area contributed by atoms with E-state index < -0.39 is 0 Å². The molecule has 0 fully saturated rings. The molecule has 4 nitrogen and oxygen atoms in total. The quantitative estimate of drug-likeness (QED) is 0.758. The molecule has 0 bridgehead atoms. The number of aryl methyl sites for hydroxylation is 1. The largest absolute Gasteiger partial charge is 0.383 e. The van der Waals surface area contributed by atoms with E-state index in [2.05, 4.69) is 53.2 Å². The van der Waals surface area contributed by atoms with Crippen molar-refractivity contribution in [3.8, 4) is 0 Å². The SMILES string of the molecule is CCc1c(CNCCOC)cnn1Cc1ccccc1C. The lowest BCUT2D eigenvalue weighted by molar-refractivity contribution is 0.199. The minimum atomic E-state index is 0.735. The molecule has 0 saturated carbocycles. The monoisotopic (exact) mass is 287 g/mol. The molecule has 0 amide bonds. The van der Waals surface area contributed by atoms with E-state index in [0.717, 1.165) is 32.7 Å². The summed E-state index contributed by atoms with van der Waals surface area (Å²) in [6, 6.07) is 8.49. The van der Waals surface area contributed by atoms with Crippen molar-refractivity contribution in [1.82, 2.24) is 15.1 Å². The lowest BCUT2D eigenvalue weighted by Crippen LogP contribution is -2.19. The number of methoxy groups -OCH3 is 1. The number of benzene rings is 1. The fourth-order valence-electron chi connectivity index (χ4n) is 2.49. The maximum atomic E-state index is 5.05. The van der Waals surface area contributed by atoms with Gasteiger partial charge in [-0.3, -0.25) is 4.68 Å². The molecular formula is C17H25N3O. The van der Waals surface area contributed by atoms with E-state index in [1.54, 1.807) is 7.11 Å². The van der Waals surface area contributed by atoms with Gasteiger partial charge in [0.1, 0.15) is 0 Å². The van der Waals surface area contributed by atoms with Crippen LogP contribution in [-0.4, -0.2) is 30.0 Å². The molecule has 0 atom stereocenters. The van der Waals surface area contributed by atoms with Crippen molar-refractivity contribution in [3.05, 3.63) is 52.8 Å². The summed E-state index contributed by atoms with van der Waals surface area (Å²) >= 11 is 0. The summed E-state index contributed by atoms with van der Waals surface area (Å²) in [5, 5.41) is 7.96. The first kappa shape index (κ1) is 15.7. The predicted molar refractivity (Wildman–Crippen MR) is 85.5 cm³/mol. The molecule has 2 aromatic rings. The van der Waals surface area contributed by atoms with E-state index in [-0.39, 0.29) is 0 Å². The molecule has 1 aromatic carbocycles. The van der Waals surface area contributed by atoms with Gasteiger partial charge in [0.05, 0.1) is 19.3 Å². The summed E-state index contributed by atoms with van der Waals surface area (Å²) in [6.45, 7) is 7.62. The Morgan fingerprint density at radius 1 is 1.24 bits per heavy atom. The fraction of sp³-hybridized carbons (Fsp3) is 0.471. The fourth-order valence-corrected chi connectivity index (χ4v) is 2.49. The number of hydrogen-bond acceptors (Lipinski definition) is 3. The van der Waals surface area contributed by atoms with E-state index in [4.69, 9.17) is 4.74 Å². The van der Waals surface area contributed by atoms with E-state index in [0.29, 0.717) is 0 Å². The standard InChI is InChI=1S/C17H25N3O/c1-4-17-16(11-18-9-10-21-3)12-19-20(17)13-15-8-6-5-7-14(15)2/h5-8,12,18H,4,9-11,13H2,1-3H3. The highest BCUT2D eigenvalue weighted by atomic mass is 16.5. The van der Waals surface area contributed by atoms with E-state index in [1.165, 1.54) is 22.4 Å². The molecule has 1 N–H and O–H groups in total. The first-order chi connectivity index (χ1) is 10.3. The summed E-state index contributed by atoms with van der Waals surface area (Å²) in [6.07, 6.45) is 2.98. The summed E-state index contributed by atoms with van der Waals surface area (Å²) in [5.74, 6) is 0. The minimum absolute atomic E-state index is 0.735.